The second-order valence-corrected chi connectivity index (χ2v) is 7.39. The fourth-order valence-electron chi connectivity index (χ4n) is 2.45. The SMILES string of the molecule is CCC(C)[S+]([O-])c1nc(N)c2c(n1)N(Cc1ccccc1)CN2. The summed E-state index contributed by atoms with van der Waals surface area (Å²) in [6.07, 6.45) is 0.805. The third-order valence-corrected chi connectivity index (χ3v) is 5.59. The highest BCUT2D eigenvalue weighted by molar-refractivity contribution is 7.91. The number of nitrogens with two attached hydrogens (primary N) is 1. The number of hydrogen-bond acceptors (Lipinski definition) is 6. The molecule has 0 bridgehead atoms. The maximum absolute atomic E-state index is 12.5. The number of hydrogen-bond donors (Lipinski definition) is 2. The molecule has 0 spiro atoms. The second-order valence-electron chi connectivity index (χ2n) is 5.62. The monoisotopic (exact) mass is 331 g/mol. The molecule has 1 aliphatic heterocycles. The van der Waals surface area contributed by atoms with Crippen LogP contribution in [0.5, 0.6) is 0 Å². The van der Waals surface area contributed by atoms with Gasteiger partial charge in [-0.1, -0.05) is 37.3 Å². The summed E-state index contributed by atoms with van der Waals surface area (Å²) in [5, 5.41) is 3.55. The van der Waals surface area contributed by atoms with Crippen LogP contribution in [0.15, 0.2) is 35.5 Å². The number of aromatic nitrogens is 2. The molecule has 1 aromatic heterocycles. The van der Waals surface area contributed by atoms with Crippen molar-refractivity contribution < 1.29 is 4.55 Å². The van der Waals surface area contributed by atoms with Crippen molar-refractivity contribution >= 4 is 28.5 Å². The molecule has 2 unspecified atom stereocenters. The first-order chi connectivity index (χ1) is 11.1. The quantitative estimate of drug-likeness (QED) is 0.646. The Morgan fingerprint density at radius 2 is 2.09 bits per heavy atom. The van der Waals surface area contributed by atoms with E-state index < -0.39 is 11.2 Å². The van der Waals surface area contributed by atoms with Crippen LogP contribution < -0.4 is 16.0 Å². The van der Waals surface area contributed by atoms with Crippen LogP contribution in [-0.4, -0.2) is 26.4 Å². The van der Waals surface area contributed by atoms with E-state index in [1.54, 1.807) is 0 Å². The number of nitrogen functional groups attached to an aromatic ring is 1. The number of nitrogens with one attached hydrogen (secondary N) is 1. The van der Waals surface area contributed by atoms with E-state index in [0.29, 0.717) is 24.2 Å². The van der Waals surface area contributed by atoms with Gasteiger partial charge in [-0.2, -0.15) is 9.97 Å². The maximum Gasteiger partial charge on any atom is 0.347 e. The Morgan fingerprint density at radius 1 is 1.35 bits per heavy atom. The Hall–Kier alpha value is -1.99. The first-order valence-electron chi connectivity index (χ1n) is 7.71. The molecule has 0 amide bonds. The molecule has 2 atom stereocenters. The molecule has 6 nitrogen and oxygen atoms in total. The van der Waals surface area contributed by atoms with E-state index >= 15 is 0 Å². The first kappa shape index (κ1) is 15.9. The molecule has 0 fully saturated rings. The Bertz CT molecular complexity index is 682. The molecule has 0 aliphatic carbocycles. The van der Waals surface area contributed by atoms with E-state index in [9.17, 15) is 4.55 Å². The number of anilines is 3. The summed E-state index contributed by atoms with van der Waals surface area (Å²) >= 11 is -1.25. The van der Waals surface area contributed by atoms with Crippen LogP contribution >= 0.6 is 0 Å². The molecule has 0 saturated carbocycles. The highest BCUT2D eigenvalue weighted by Gasteiger charge is 2.30. The normalized spacial score (nSPS) is 15.9. The summed E-state index contributed by atoms with van der Waals surface area (Å²) < 4.78 is 12.5. The van der Waals surface area contributed by atoms with Gasteiger partial charge in [-0.3, -0.25) is 0 Å². The molecular weight excluding hydrogens is 310 g/mol. The molecule has 3 N–H and O–H groups in total. The minimum absolute atomic E-state index is 0.00406. The largest absolute Gasteiger partial charge is 0.609 e. The van der Waals surface area contributed by atoms with Crippen LogP contribution in [0, 0.1) is 0 Å². The molecule has 2 aromatic rings. The van der Waals surface area contributed by atoms with Crippen molar-refractivity contribution in [3.05, 3.63) is 35.9 Å². The molecular formula is C16H21N5OS. The average molecular weight is 331 g/mol. The van der Waals surface area contributed by atoms with Gasteiger partial charge in [0.2, 0.25) is 0 Å². The molecule has 0 radical (unpaired) electrons. The summed E-state index contributed by atoms with van der Waals surface area (Å²) in [6, 6.07) is 10.2. The lowest BCUT2D eigenvalue weighted by Crippen LogP contribution is -2.24. The van der Waals surface area contributed by atoms with E-state index in [2.05, 4.69) is 32.3 Å². The number of rotatable bonds is 5. The van der Waals surface area contributed by atoms with Crippen molar-refractivity contribution in [2.75, 3.05) is 22.6 Å². The van der Waals surface area contributed by atoms with E-state index in [1.807, 2.05) is 32.0 Å². The smallest absolute Gasteiger partial charge is 0.347 e. The van der Waals surface area contributed by atoms with Crippen LogP contribution in [0.4, 0.5) is 17.3 Å². The lowest BCUT2D eigenvalue weighted by Gasteiger charge is -2.19. The fraction of sp³-hybridized carbons (Fsp3) is 0.375. The van der Waals surface area contributed by atoms with Gasteiger partial charge in [-0.15, -0.1) is 0 Å². The summed E-state index contributed by atoms with van der Waals surface area (Å²) in [5.74, 6) is 1.09. The third-order valence-electron chi connectivity index (χ3n) is 3.98. The first-order valence-corrected chi connectivity index (χ1v) is 8.92. The van der Waals surface area contributed by atoms with Gasteiger partial charge in [0, 0.05) is 17.7 Å². The van der Waals surface area contributed by atoms with E-state index in [-0.39, 0.29) is 5.25 Å². The zero-order valence-electron chi connectivity index (χ0n) is 13.3. The highest BCUT2D eigenvalue weighted by Crippen LogP contribution is 2.35. The Kier molecular flexibility index (Phi) is 4.58. The zero-order valence-corrected chi connectivity index (χ0v) is 14.1. The Morgan fingerprint density at radius 3 is 2.78 bits per heavy atom. The van der Waals surface area contributed by atoms with Gasteiger partial charge < -0.3 is 20.5 Å². The van der Waals surface area contributed by atoms with Crippen molar-refractivity contribution in [3.8, 4) is 0 Å². The standard InChI is InChI=1S/C16H21N5OS/c1-3-11(2)23(22)16-19-14(17)13-15(20-16)21(10-18-13)9-12-7-5-4-6-8-12/h4-8,11,18H,3,9-10H2,1-2H3,(H2,17,19,20). The van der Waals surface area contributed by atoms with Gasteiger partial charge in [0.15, 0.2) is 11.6 Å². The van der Waals surface area contributed by atoms with Gasteiger partial charge >= 0.3 is 5.16 Å². The van der Waals surface area contributed by atoms with Gasteiger partial charge in [0.25, 0.3) is 0 Å². The second kappa shape index (κ2) is 6.64. The van der Waals surface area contributed by atoms with E-state index in [4.69, 9.17) is 5.73 Å². The van der Waals surface area contributed by atoms with Crippen molar-refractivity contribution in [2.24, 2.45) is 0 Å². The number of nitrogens with zero attached hydrogens (tertiary/aromatic N) is 3. The van der Waals surface area contributed by atoms with Crippen LogP contribution in [0.2, 0.25) is 0 Å². The van der Waals surface area contributed by atoms with Crippen LogP contribution in [0.25, 0.3) is 0 Å². The summed E-state index contributed by atoms with van der Waals surface area (Å²) in [7, 11) is 0. The van der Waals surface area contributed by atoms with Gasteiger partial charge in [0.05, 0.1) is 6.67 Å². The number of fused-ring (bicyclic) bond motifs is 1. The van der Waals surface area contributed by atoms with E-state index in [0.717, 1.165) is 17.9 Å². The van der Waals surface area contributed by atoms with Crippen molar-refractivity contribution in [1.29, 1.82) is 0 Å². The molecule has 3 rings (SSSR count). The number of benzene rings is 1. The topological polar surface area (TPSA) is 90.1 Å². The molecule has 2 heterocycles. The maximum atomic E-state index is 12.5. The Labute approximate surface area is 139 Å². The molecule has 0 saturated heterocycles. The summed E-state index contributed by atoms with van der Waals surface area (Å²) in [6.45, 7) is 5.26. The van der Waals surface area contributed by atoms with Gasteiger partial charge in [-0.25, -0.2) is 0 Å². The molecule has 1 aromatic carbocycles. The Balaban J connectivity index is 1.90. The van der Waals surface area contributed by atoms with Gasteiger partial charge in [-0.05, 0) is 18.9 Å². The predicted octanol–water partition coefficient (Wildman–Crippen LogP) is 2.35. The minimum atomic E-state index is -1.25. The third kappa shape index (κ3) is 3.20. The van der Waals surface area contributed by atoms with Crippen LogP contribution in [-0.2, 0) is 17.7 Å². The summed E-state index contributed by atoms with van der Waals surface area (Å²) in [4.78, 5) is 10.8. The lowest BCUT2D eigenvalue weighted by atomic mass is 10.2. The summed E-state index contributed by atoms with van der Waals surface area (Å²) in [5.41, 5.74) is 7.94. The molecule has 122 valence electrons. The molecule has 23 heavy (non-hydrogen) atoms. The van der Waals surface area contributed by atoms with Gasteiger partial charge in [0.1, 0.15) is 10.9 Å². The molecule has 7 heteroatoms. The zero-order chi connectivity index (χ0) is 16.4. The van der Waals surface area contributed by atoms with Crippen molar-refractivity contribution in [2.45, 2.75) is 37.2 Å². The van der Waals surface area contributed by atoms with Crippen molar-refractivity contribution in [3.63, 3.8) is 0 Å². The van der Waals surface area contributed by atoms with Crippen LogP contribution in [0.1, 0.15) is 25.8 Å². The molecule has 1 aliphatic rings. The lowest BCUT2D eigenvalue weighted by molar-refractivity contribution is 0.571. The minimum Gasteiger partial charge on any atom is -0.609 e. The van der Waals surface area contributed by atoms with Crippen molar-refractivity contribution in [1.82, 2.24) is 9.97 Å². The predicted molar refractivity (Wildman–Crippen MR) is 93.7 cm³/mol. The van der Waals surface area contributed by atoms with E-state index in [1.165, 1.54) is 5.56 Å². The fourth-order valence-corrected chi connectivity index (χ4v) is 3.48. The average Bonchev–Trinajstić information content (AvgIpc) is 2.98. The highest BCUT2D eigenvalue weighted by atomic mass is 32.2. The van der Waals surface area contributed by atoms with Crippen LogP contribution in [0.3, 0.4) is 0 Å².